The molecule has 0 aliphatic rings. The average Bonchev–Trinajstić information content (AvgIpc) is 2.68. The minimum absolute atomic E-state index is 0.272. The van der Waals surface area contributed by atoms with Crippen LogP contribution in [0.25, 0.3) is 0 Å². The molecule has 2 heterocycles. The Balaban J connectivity index is 1.63. The standard InChI is InChI=1S/C17H16ClN7O/c18-12-6-4-11(5-7-12)9-21-15-14(19)16(23-10-22-15)24-25-17(26)13-3-1-2-8-20-13/h1-8,10H,9,19H2,(H,25,26)(H2,21,22,23,24). The zero-order valence-corrected chi connectivity index (χ0v) is 14.4. The number of benzene rings is 1. The molecule has 0 aliphatic carbocycles. The van der Waals surface area contributed by atoms with Crippen LogP contribution in [-0.2, 0) is 6.54 Å². The van der Waals surface area contributed by atoms with Gasteiger partial charge in [-0.3, -0.25) is 20.6 Å². The SMILES string of the molecule is Nc1c(NCc2ccc(Cl)cc2)ncnc1NNC(=O)c1ccccn1. The molecule has 0 atom stereocenters. The topological polar surface area (TPSA) is 118 Å². The lowest BCUT2D eigenvalue weighted by molar-refractivity contribution is 0.0957. The molecule has 5 N–H and O–H groups in total. The van der Waals surface area contributed by atoms with Gasteiger partial charge in [0.15, 0.2) is 11.6 Å². The fraction of sp³-hybridized carbons (Fsp3) is 0.0588. The lowest BCUT2D eigenvalue weighted by Crippen LogP contribution is -2.31. The minimum atomic E-state index is -0.403. The van der Waals surface area contributed by atoms with Crippen molar-refractivity contribution >= 4 is 34.8 Å². The molecular formula is C17H16ClN7O. The Bertz CT molecular complexity index is 887. The maximum atomic E-state index is 12.0. The lowest BCUT2D eigenvalue weighted by atomic mass is 10.2. The third-order valence-electron chi connectivity index (χ3n) is 3.45. The molecule has 26 heavy (non-hydrogen) atoms. The second-order valence-electron chi connectivity index (χ2n) is 5.26. The van der Waals surface area contributed by atoms with E-state index in [1.54, 1.807) is 18.2 Å². The zero-order valence-electron chi connectivity index (χ0n) is 13.6. The number of carbonyl (C=O) groups excluding carboxylic acids is 1. The molecule has 9 heteroatoms. The molecule has 0 spiro atoms. The number of rotatable bonds is 6. The van der Waals surface area contributed by atoms with Crippen LogP contribution in [0.4, 0.5) is 17.3 Å². The van der Waals surface area contributed by atoms with E-state index in [9.17, 15) is 4.79 Å². The molecule has 3 rings (SSSR count). The molecule has 0 bridgehead atoms. The number of hydrogen-bond donors (Lipinski definition) is 4. The number of anilines is 3. The van der Waals surface area contributed by atoms with Gasteiger partial charge >= 0.3 is 0 Å². The summed E-state index contributed by atoms with van der Waals surface area (Å²) >= 11 is 5.87. The smallest absolute Gasteiger partial charge is 0.288 e. The van der Waals surface area contributed by atoms with Crippen LogP contribution in [0.5, 0.6) is 0 Å². The van der Waals surface area contributed by atoms with Crippen molar-refractivity contribution in [3.05, 3.63) is 71.3 Å². The van der Waals surface area contributed by atoms with Crippen molar-refractivity contribution in [3.8, 4) is 0 Å². The highest BCUT2D eigenvalue weighted by atomic mass is 35.5. The molecule has 0 unspecified atom stereocenters. The van der Waals surface area contributed by atoms with Gasteiger partial charge in [0.05, 0.1) is 0 Å². The number of halogens is 1. The lowest BCUT2D eigenvalue weighted by Gasteiger charge is -2.13. The fourth-order valence-electron chi connectivity index (χ4n) is 2.10. The second kappa shape index (κ2) is 8.13. The molecule has 3 aromatic rings. The number of aromatic nitrogens is 3. The van der Waals surface area contributed by atoms with Crippen LogP contribution in [0.2, 0.25) is 5.02 Å². The fourth-order valence-corrected chi connectivity index (χ4v) is 2.23. The van der Waals surface area contributed by atoms with E-state index in [-0.39, 0.29) is 17.2 Å². The monoisotopic (exact) mass is 369 g/mol. The normalized spacial score (nSPS) is 10.2. The Labute approximate surface area is 154 Å². The summed E-state index contributed by atoms with van der Waals surface area (Å²) in [6, 6.07) is 12.5. The van der Waals surface area contributed by atoms with Gasteiger partial charge in [0.25, 0.3) is 5.91 Å². The first-order chi connectivity index (χ1) is 12.6. The van der Waals surface area contributed by atoms with Crippen molar-refractivity contribution in [1.82, 2.24) is 20.4 Å². The number of hydrazine groups is 1. The first-order valence-electron chi connectivity index (χ1n) is 7.69. The highest BCUT2D eigenvalue weighted by molar-refractivity contribution is 6.30. The number of carbonyl (C=O) groups is 1. The van der Waals surface area contributed by atoms with Gasteiger partial charge in [-0.05, 0) is 29.8 Å². The Morgan fingerprint density at radius 2 is 1.81 bits per heavy atom. The van der Waals surface area contributed by atoms with E-state index in [4.69, 9.17) is 17.3 Å². The molecule has 0 radical (unpaired) electrons. The number of nitrogen functional groups attached to an aromatic ring is 1. The first-order valence-corrected chi connectivity index (χ1v) is 8.07. The largest absolute Gasteiger partial charge is 0.393 e. The zero-order chi connectivity index (χ0) is 18.4. The van der Waals surface area contributed by atoms with Gasteiger partial charge in [0.2, 0.25) is 0 Å². The van der Waals surface area contributed by atoms with E-state index in [2.05, 4.69) is 31.1 Å². The van der Waals surface area contributed by atoms with Gasteiger partial charge in [-0.15, -0.1) is 0 Å². The molecule has 0 saturated carbocycles. The number of nitrogens with two attached hydrogens (primary N) is 1. The summed E-state index contributed by atoms with van der Waals surface area (Å²) in [5.74, 6) is 0.326. The number of pyridine rings is 1. The van der Waals surface area contributed by atoms with E-state index >= 15 is 0 Å². The van der Waals surface area contributed by atoms with Crippen LogP contribution in [0.3, 0.4) is 0 Å². The summed E-state index contributed by atoms with van der Waals surface area (Å²) in [6.45, 7) is 0.512. The summed E-state index contributed by atoms with van der Waals surface area (Å²) in [7, 11) is 0. The molecule has 0 fully saturated rings. The molecule has 0 saturated heterocycles. The predicted molar refractivity (Wildman–Crippen MR) is 101 cm³/mol. The van der Waals surface area contributed by atoms with Gasteiger partial charge < -0.3 is 11.1 Å². The average molecular weight is 370 g/mol. The van der Waals surface area contributed by atoms with Gasteiger partial charge in [0.1, 0.15) is 17.7 Å². The molecular weight excluding hydrogens is 354 g/mol. The van der Waals surface area contributed by atoms with Crippen LogP contribution < -0.4 is 21.9 Å². The second-order valence-corrected chi connectivity index (χ2v) is 5.70. The summed E-state index contributed by atoms with van der Waals surface area (Å²) in [6.07, 6.45) is 2.88. The molecule has 2 aromatic heterocycles. The van der Waals surface area contributed by atoms with Crippen molar-refractivity contribution in [2.24, 2.45) is 0 Å². The van der Waals surface area contributed by atoms with Crippen molar-refractivity contribution < 1.29 is 4.79 Å². The Hall–Kier alpha value is -3.39. The Morgan fingerprint density at radius 3 is 2.54 bits per heavy atom. The van der Waals surface area contributed by atoms with E-state index in [1.165, 1.54) is 12.5 Å². The van der Waals surface area contributed by atoms with Crippen molar-refractivity contribution in [2.45, 2.75) is 6.54 Å². The molecule has 1 aromatic carbocycles. The summed E-state index contributed by atoms with van der Waals surface area (Å²) in [5, 5.41) is 3.80. The molecule has 1 amide bonds. The summed E-state index contributed by atoms with van der Waals surface area (Å²) in [4.78, 5) is 24.1. The third kappa shape index (κ3) is 4.37. The van der Waals surface area contributed by atoms with Gasteiger partial charge in [-0.1, -0.05) is 29.8 Å². The maximum Gasteiger partial charge on any atom is 0.288 e. The van der Waals surface area contributed by atoms with Crippen molar-refractivity contribution in [2.75, 3.05) is 16.5 Å². The maximum absolute atomic E-state index is 12.0. The van der Waals surface area contributed by atoms with Gasteiger partial charge in [0, 0.05) is 17.8 Å². The number of nitrogens with zero attached hydrogens (tertiary/aromatic N) is 3. The van der Waals surface area contributed by atoms with E-state index in [1.807, 2.05) is 24.3 Å². The number of hydrogen-bond acceptors (Lipinski definition) is 7. The minimum Gasteiger partial charge on any atom is -0.393 e. The Morgan fingerprint density at radius 1 is 1.04 bits per heavy atom. The first kappa shape index (κ1) is 17.4. The van der Waals surface area contributed by atoms with E-state index in [0.717, 1.165) is 5.56 Å². The van der Waals surface area contributed by atoms with Crippen molar-refractivity contribution in [3.63, 3.8) is 0 Å². The Kier molecular flexibility index (Phi) is 5.45. The van der Waals surface area contributed by atoms with Gasteiger partial charge in [-0.25, -0.2) is 9.97 Å². The molecule has 8 nitrogen and oxygen atoms in total. The van der Waals surface area contributed by atoms with Crippen LogP contribution in [0.15, 0.2) is 55.0 Å². The predicted octanol–water partition coefficient (Wildman–Crippen LogP) is 2.48. The van der Waals surface area contributed by atoms with E-state index < -0.39 is 5.91 Å². The highest BCUT2D eigenvalue weighted by Gasteiger charge is 2.10. The summed E-state index contributed by atoms with van der Waals surface area (Å²) in [5.41, 5.74) is 12.8. The van der Waals surface area contributed by atoms with Gasteiger partial charge in [-0.2, -0.15) is 0 Å². The highest BCUT2D eigenvalue weighted by Crippen LogP contribution is 2.22. The van der Waals surface area contributed by atoms with E-state index in [0.29, 0.717) is 17.4 Å². The number of amides is 1. The number of nitrogens with one attached hydrogen (secondary N) is 3. The summed E-state index contributed by atoms with van der Waals surface area (Å²) < 4.78 is 0. The molecule has 132 valence electrons. The molecule has 0 aliphatic heterocycles. The van der Waals surface area contributed by atoms with Crippen LogP contribution in [0.1, 0.15) is 16.1 Å². The third-order valence-corrected chi connectivity index (χ3v) is 3.70. The van der Waals surface area contributed by atoms with Crippen LogP contribution in [0, 0.1) is 0 Å². The van der Waals surface area contributed by atoms with Crippen LogP contribution >= 0.6 is 11.6 Å². The quantitative estimate of drug-likeness (QED) is 0.493. The van der Waals surface area contributed by atoms with Crippen molar-refractivity contribution in [1.29, 1.82) is 0 Å². The van der Waals surface area contributed by atoms with Crippen LogP contribution in [-0.4, -0.2) is 20.9 Å².